The van der Waals surface area contributed by atoms with E-state index in [0.29, 0.717) is 31.9 Å². The molecular formula is C15H20N2O4S. The van der Waals surface area contributed by atoms with Crippen molar-refractivity contribution in [2.45, 2.75) is 18.1 Å². The molecule has 1 aliphatic carbocycles. The Bertz CT molecular complexity index is 620. The van der Waals surface area contributed by atoms with Gasteiger partial charge in [-0.2, -0.15) is 4.31 Å². The van der Waals surface area contributed by atoms with Gasteiger partial charge in [0, 0.05) is 26.2 Å². The molecule has 2 aliphatic rings. The number of amides is 1. The first-order chi connectivity index (χ1) is 10.6. The Morgan fingerprint density at radius 3 is 2.32 bits per heavy atom. The fourth-order valence-corrected chi connectivity index (χ4v) is 4.35. The number of para-hydroxylation sites is 1. The van der Waals surface area contributed by atoms with Gasteiger partial charge in [0.05, 0.1) is 5.25 Å². The van der Waals surface area contributed by atoms with Crippen molar-refractivity contribution in [2.75, 3.05) is 32.8 Å². The summed E-state index contributed by atoms with van der Waals surface area (Å²) in [5, 5.41) is -0.184. The molecule has 1 aromatic carbocycles. The molecule has 1 heterocycles. The normalized spacial score (nSPS) is 19.9. The number of ether oxygens (including phenoxy) is 1. The average molecular weight is 324 g/mol. The maximum atomic E-state index is 12.1. The Morgan fingerprint density at radius 1 is 1.09 bits per heavy atom. The minimum atomic E-state index is -3.13. The average Bonchev–Trinajstić information content (AvgIpc) is 3.39. The molecular weight excluding hydrogens is 304 g/mol. The van der Waals surface area contributed by atoms with Crippen LogP contribution >= 0.6 is 0 Å². The van der Waals surface area contributed by atoms with Crippen molar-refractivity contribution in [3.05, 3.63) is 30.3 Å². The largest absolute Gasteiger partial charge is 0.484 e. The molecule has 7 heteroatoms. The fourth-order valence-electron chi connectivity index (χ4n) is 2.52. The molecule has 0 aromatic heterocycles. The lowest BCUT2D eigenvalue weighted by Crippen LogP contribution is -2.52. The topological polar surface area (TPSA) is 66.9 Å². The number of carbonyl (C=O) groups excluding carboxylic acids is 1. The molecule has 0 N–H and O–H groups in total. The number of nitrogens with zero attached hydrogens (tertiary/aromatic N) is 2. The van der Waals surface area contributed by atoms with Crippen LogP contribution in [0.1, 0.15) is 12.8 Å². The molecule has 0 unspecified atom stereocenters. The molecule has 0 spiro atoms. The Morgan fingerprint density at radius 2 is 1.73 bits per heavy atom. The first-order valence-corrected chi connectivity index (χ1v) is 9.02. The molecule has 0 radical (unpaired) electrons. The van der Waals surface area contributed by atoms with E-state index in [0.717, 1.165) is 12.8 Å². The first-order valence-electron chi connectivity index (χ1n) is 7.52. The van der Waals surface area contributed by atoms with Crippen molar-refractivity contribution in [2.24, 2.45) is 0 Å². The van der Waals surface area contributed by atoms with E-state index in [2.05, 4.69) is 0 Å². The van der Waals surface area contributed by atoms with Gasteiger partial charge in [-0.05, 0) is 25.0 Å². The summed E-state index contributed by atoms with van der Waals surface area (Å²) in [6, 6.07) is 9.18. The van der Waals surface area contributed by atoms with Crippen LogP contribution in [0.3, 0.4) is 0 Å². The van der Waals surface area contributed by atoms with Crippen LogP contribution in [0.25, 0.3) is 0 Å². The van der Waals surface area contributed by atoms with Crippen LogP contribution in [0, 0.1) is 0 Å². The van der Waals surface area contributed by atoms with Gasteiger partial charge in [-0.25, -0.2) is 8.42 Å². The molecule has 1 aromatic rings. The third-order valence-electron chi connectivity index (χ3n) is 4.00. The molecule has 1 saturated heterocycles. The molecule has 1 aliphatic heterocycles. The van der Waals surface area contributed by atoms with E-state index in [-0.39, 0.29) is 17.8 Å². The monoisotopic (exact) mass is 324 g/mol. The fraction of sp³-hybridized carbons (Fsp3) is 0.533. The first kappa shape index (κ1) is 15.3. The maximum Gasteiger partial charge on any atom is 0.260 e. The lowest BCUT2D eigenvalue weighted by molar-refractivity contribution is -0.134. The van der Waals surface area contributed by atoms with Crippen molar-refractivity contribution in [3.8, 4) is 5.75 Å². The minimum absolute atomic E-state index is 0.0145. The third kappa shape index (κ3) is 3.41. The summed E-state index contributed by atoms with van der Waals surface area (Å²) in [5.74, 6) is 0.554. The van der Waals surface area contributed by atoms with Gasteiger partial charge < -0.3 is 9.64 Å². The lowest BCUT2D eigenvalue weighted by Gasteiger charge is -2.34. The minimum Gasteiger partial charge on any atom is -0.484 e. The molecule has 2 fully saturated rings. The highest BCUT2D eigenvalue weighted by atomic mass is 32.2. The molecule has 3 rings (SSSR count). The molecule has 1 amide bonds. The van der Waals surface area contributed by atoms with E-state index >= 15 is 0 Å². The summed E-state index contributed by atoms with van der Waals surface area (Å²) in [5.41, 5.74) is 0. The van der Waals surface area contributed by atoms with Crippen LogP contribution < -0.4 is 4.74 Å². The Labute approximate surface area is 130 Å². The van der Waals surface area contributed by atoms with Crippen molar-refractivity contribution in [1.82, 2.24) is 9.21 Å². The summed E-state index contributed by atoms with van der Waals surface area (Å²) >= 11 is 0. The van der Waals surface area contributed by atoms with Gasteiger partial charge in [0.25, 0.3) is 5.91 Å². The second kappa shape index (κ2) is 6.26. The van der Waals surface area contributed by atoms with Crippen molar-refractivity contribution >= 4 is 15.9 Å². The number of hydrogen-bond acceptors (Lipinski definition) is 4. The summed E-state index contributed by atoms with van der Waals surface area (Å²) in [4.78, 5) is 13.8. The lowest BCUT2D eigenvalue weighted by atomic mass is 10.3. The predicted molar refractivity (Wildman–Crippen MR) is 82.0 cm³/mol. The quantitative estimate of drug-likeness (QED) is 0.800. The molecule has 22 heavy (non-hydrogen) atoms. The van der Waals surface area contributed by atoms with Gasteiger partial charge in [0.15, 0.2) is 6.61 Å². The van der Waals surface area contributed by atoms with E-state index < -0.39 is 10.0 Å². The number of hydrogen-bond donors (Lipinski definition) is 0. The highest BCUT2D eigenvalue weighted by molar-refractivity contribution is 7.90. The van der Waals surface area contributed by atoms with E-state index in [9.17, 15) is 13.2 Å². The zero-order chi connectivity index (χ0) is 15.6. The number of benzene rings is 1. The van der Waals surface area contributed by atoms with Crippen LogP contribution in [0.4, 0.5) is 0 Å². The SMILES string of the molecule is O=C(COc1ccccc1)N1CCN(S(=O)(=O)C2CC2)CC1. The standard InChI is InChI=1S/C15H20N2O4S/c18-15(12-21-13-4-2-1-3-5-13)16-8-10-17(11-9-16)22(19,20)14-6-7-14/h1-5,14H,6-12H2. The Kier molecular flexibility index (Phi) is 4.35. The van der Waals surface area contributed by atoms with E-state index in [1.165, 1.54) is 4.31 Å². The number of sulfonamides is 1. The summed E-state index contributed by atoms with van der Waals surface area (Å²) in [6.07, 6.45) is 1.54. The Balaban J connectivity index is 1.47. The third-order valence-corrected chi connectivity index (χ3v) is 6.40. The molecule has 0 atom stereocenters. The number of piperazine rings is 1. The van der Waals surface area contributed by atoms with Gasteiger partial charge in [-0.3, -0.25) is 4.79 Å². The van der Waals surface area contributed by atoms with E-state index in [1.54, 1.807) is 17.0 Å². The summed E-state index contributed by atoms with van der Waals surface area (Å²) in [6.45, 7) is 1.62. The van der Waals surface area contributed by atoms with Crippen LogP contribution in [0.5, 0.6) is 5.75 Å². The van der Waals surface area contributed by atoms with Crippen LogP contribution in [0.2, 0.25) is 0 Å². The second-order valence-electron chi connectivity index (χ2n) is 5.63. The molecule has 6 nitrogen and oxygen atoms in total. The molecule has 1 saturated carbocycles. The smallest absolute Gasteiger partial charge is 0.260 e. The van der Waals surface area contributed by atoms with Crippen molar-refractivity contribution in [3.63, 3.8) is 0 Å². The van der Waals surface area contributed by atoms with Crippen LogP contribution in [-0.4, -0.2) is 61.6 Å². The highest BCUT2D eigenvalue weighted by Gasteiger charge is 2.41. The van der Waals surface area contributed by atoms with Gasteiger partial charge in [-0.1, -0.05) is 18.2 Å². The van der Waals surface area contributed by atoms with Gasteiger partial charge >= 0.3 is 0 Å². The van der Waals surface area contributed by atoms with Crippen LogP contribution in [-0.2, 0) is 14.8 Å². The summed E-state index contributed by atoms with van der Waals surface area (Å²) < 4.78 is 31.2. The van der Waals surface area contributed by atoms with Crippen LogP contribution in [0.15, 0.2) is 30.3 Å². The summed E-state index contributed by atoms with van der Waals surface area (Å²) in [7, 11) is -3.13. The predicted octanol–water partition coefficient (Wildman–Crippen LogP) is 0.702. The highest BCUT2D eigenvalue weighted by Crippen LogP contribution is 2.31. The van der Waals surface area contributed by atoms with E-state index in [4.69, 9.17) is 4.74 Å². The van der Waals surface area contributed by atoms with Gasteiger partial charge in [-0.15, -0.1) is 0 Å². The van der Waals surface area contributed by atoms with Crippen molar-refractivity contribution < 1.29 is 17.9 Å². The molecule has 0 bridgehead atoms. The zero-order valence-corrected chi connectivity index (χ0v) is 13.2. The maximum absolute atomic E-state index is 12.1. The second-order valence-corrected chi connectivity index (χ2v) is 7.84. The Hall–Kier alpha value is -1.60. The number of carbonyl (C=O) groups is 1. The zero-order valence-electron chi connectivity index (χ0n) is 12.3. The number of rotatable bonds is 5. The van der Waals surface area contributed by atoms with Crippen molar-refractivity contribution in [1.29, 1.82) is 0 Å². The van der Waals surface area contributed by atoms with Gasteiger partial charge in [0.2, 0.25) is 10.0 Å². The molecule has 120 valence electrons. The van der Waals surface area contributed by atoms with Gasteiger partial charge in [0.1, 0.15) is 5.75 Å². The van der Waals surface area contributed by atoms with E-state index in [1.807, 2.05) is 18.2 Å².